The summed E-state index contributed by atoms with van der Waals surface area (Å²) in [6, 6.07) is 7.86. The number of benzene rings is 1. The highest BCUT2D eigenvalue weighted by atomic mass is 35.5. The van der Waals surface area contributed by atoms with E-state index in [1.54, 1.807) is 18.3 Å². The lowest BCUT2D eigenvalue weighted by Gasteiger charge is -2.29. The van der Waals surface area contributed by atoms with Crippen LogP contribution in [0.2, 0.25) is 0 Å². The fourth-order valence-electron chi connectivity index (χ4n) is 2.64. The quantitative estimate of drug-likeness (QED) is 0.869. The Morgan fingerprint density at radius 3 is 2.68 bits per heavy atom. The van der Waals surface area contributed by atoms with E-state index in [1.165, 1.54) is 19.2 Å². The Hall–Kier alpha value is -2.38. The second kappa shape index (κ2) is 8.64. The van der Waals surface area contributed by atoms with E-state index in [2.05, 4.69) is 20.5 Å². The third kappa shape index (κ3) is 4.37. The molecule has 1 saturated heterocycles. The van der Waals surface area contributed by atoms with E-state index in [0.717, 1.165) is 31.9 Å². The number of halogens is 2. The summed E-state index contributed by atoms with van der Waals surface area (Å²) in [5.74, 6) is -0.675. The summed E-state index contributed by atoms with van der Waals surface area (Å²) < 4.78 is 19.0. The monoisotopic (exact) mass is 366 g/mol. The van der Waals surface area contributed by atoms with Crippen LogP contribution in [0, 0.1) is 5.82 Å². The smallest absolute Gasteiger partial charge is 0.263 e. The van der Waals surface area contributed by atoms with Crippen LogP contribution >= 0.6 is 12.4 Å². The molecule has 0 spiro atoms. The molecule has 1 aliphatic heterocycles. The summed E-state index contributed by atoms with van der Waals surface area (Å²) in [7, 11) is 1.39. The van der Waals surface area contributed by atoms with Crippen LogP contribution in [-0.2, 0) is 0 Å². The second-order valence-electron chi connectivity index (χ2n) is 5.41. The normalized spacial score (nSPS) is 13.8. The molecule has 1 aromatic heterocycles. The molecule has 0 atom stereocenters. The molecule has 0 unspecified atom stereocenters. The fourth-order valence-corrected chi connectivity index (χ4v) is 2.64. The first-order valence-corrected chi connectivity index (χ1v) is 7.74. The number of pyridine rings is 1. The highest BCUT2D eigenvalue weighted by molar-refractivity contribution is 6.06. The standard InChI is InChI=1S/C17H19FN4O2.ClH/c1-24-14-4-2-3-13(18)16(14)17(23)21-15-6-5-12(11-20-15)22-9-7-19-8-10-22;/h2-6,11,19H,7-10H2,1H3,(H,20,21,23);1H. The van der Waals surface area contributed by atoms with Crippen molar-refractivity contribution in [1.29, 1.82) is 0 Å². The molecule has 3 rings (SSSR count). The van der Waals surface area contributed by atoms with Gasteiger partial charge in [-0.05, 0) is 24.3 Å². The number of rotatable bonds is 4. The number of nitrogens with zero attached hydrogens (tertiary/aromatic N) is 2. The van der Waals surface area contributed by atoms with Crippen molar-refractivity contribution >= 4 is 29.8 Å². The first-order chi connectivity index (χ1) is 11.7. The number of anilines is 2. The van der Waals surface area contributed by atoms with Gasteiger partial charge in [0.25, 0.3) is 5.91 Å². The lowest BCUT2D eigenvalue weighted by molar-refractivity contribution is 0.101. The molecular formula is C17H20ClFN4O2. The number of amides is 1. The maximum absolute atomic E-state index is 13.9. The van der Waals surface area contributed by atoms with Crippen molar-refractivity contribution in [3.8, 4) is 5.75 Å². The molecule has 6 nitrogen and oxygen atoms in total. The van der Waals surface area contributed by atoms with E-state index in [9.17, 15) is 9.18 Å². The van der Waals surface area contributed by atoms with Gasteiger partial charge in [0, 0.05) is 26.2 Å². The van der Waals surface area contributed by atoms with E-state index in [-0.39, 0.29) is 23.7 Å². The second-order valence-corrected chi connectivity index (χ2v) is 5.41. The number of hydrogen-bond donors (Lipinski definition) is 2. The number of hydrogen-bond acceptors (Lipinski definition) is 5. The zero-order valence-corrected chi connectivity index (χ0v) is 14.6. The van der Waals surface area contributed by atoms with Crippen molar-refractivity contribution in [2.75, 3.05) is 43.5 Å². The maximum Gasteiger partial charge on any atom is 0.263 e. The van der Waals surface area contributed by atoms with Crippen molar-refractivity contribution in [2.45, 2.75) is 0 Å². The summed E-state index contributed by atoms with van der Waals surface area (Å²) in [4.78, 5) is 18.8. The van der Waals surface area contributed by atoms with E-state index in [1.807, 2.05) is 6.07 Å². The minimum atomic E-state index is -0.635. The van der Waals surface area contributed by atoms with Gasteiger partial charge in [0.05, 0.1) is 19.0 Å². The van der Waals surface area contributed by atoms with E-state index in [0.29, 0.717) is 5.82 Å². The largest absolute Gasteiger partial charge is 0.496 e. The molecule has 8 heteroatoms. The molecule has 25 heavy (non-hydrogen) atoms. The summed E-state index contributed by atoms with van der Waals surface area (Å²) in [5.41, 5.74) is 0.867. The molecule has 1 aromatic carbocycles. The van der Waals surface area contributed by atoms with Gasteiger partial charge in [-0.1, -0.05) is 6.07 Å². The SMILES string of the molecule is COc1cccc(F)c1C(=O)Nc1ccc(N2CCNCC2)cn1.Cl. The van der Waals surface area contributed by atoms with E-state index >= 15 is 0 Å². The average molecular weight is 367 g/mol. The minimum absolute atomic E-state index is 0. The van der Waals surface area contributed by atoms with Gasteiger partial charge in [-0.15, -0.1) is 12.4 Å². The number of carbonyl (C=O) groups is 1. The first kappa shape index (κ1) is 19.0. The Morgan fingerprint density at radius 1 is 1.28 bits per heavy atom. The lowest BCUT2D eigenvalue weighted by atomic mass is 10.1. The van der Waals surface area contributed by atoms with Crippen LogP contribution < -0.4 is 20.3 Å². The summed E-state index contributed by atoms with van der Waals surface area (Å²) in [5, 5.41) is 5.89. The number of nitrogens with one attached hydrogen (secondary N) is 2. The summed E-state index contributed by atoms with van der Waals surface area (Å²) in [6.45, 7) is 3.71. The molecule has 2 heterocycles. The van der Waals surface area contributed by atoms with Gasteiger partial charge in [-0.2, -0.15) is 0 Å². The molecule has 0 aliphatic carbocycles. The van der Waals surface area contributed by atoms with Gasteiger partial charge in [0.15, 0.2) is 0 Å². The highest BCUT2D eigenvalue weighted by Crippen LogP contribution is 2.22. The van der Waals surface area contributed by atoms with Gasteiger partial charge < -0.3 is 20.3 Å². The third-order valence-electron chi connectivity index (χ3n) is 3.89. The predicted molar refractivity (Wildman–Crippen MR) is 97.5 cm³/mol. The van der Waals surface area contributed by atoms with Crippen molar-refractivity contribution in [3.05, 3.63) is 47.9 Å². The van der Waals surface area contributed by atoms with Crippen LogP contribution in [0.15, 0.2) is 36.5 Å². The Morgan fingerprint density at radius 2 is 2.04 bits per heavy atom. The summed E-state index contributed by atoms with van der Waals surface area (Å²) in [6.07, 6.45) is 1.71. The van der Waals surface area contributed by atoms with Crippen molar-refractivity contribution in [2.24, 2.45) is 0 Å². The Balaban J connectivity index is 0.00000225. The molecule has 134 valence electrons. The van der Waals surface area contributed by atoms with Gasteiger partial charge in [0.1, 0.15) is 22.9 Å². The van der Waals surface area contributed by atoms with Gasteiger partial charge >= 0.3 is 0 Å². The lowest BCUT2D eigenvalue weighted by Crippen LogP contribution is -2.43. The third-order valence-corrected chi connectivity index (χ3v) is 3.89. The van der Waals surface area contributed by atoms with Crippen LogP contribution in [0.4, 0.5) is 15.9 Å². The zero-order chi connectivity index (χ0) is 16.9. The van der Waals surface area contributed by atoms with Crippen LogP contribution in [0.5, 0.6) is 5.75 Å². The molecule has 1 fully saturated rings. The molecule has 0 radical (unpaired) electrons. The van der Waals surface area contributed by atoms with Crippen LogP contribution in [-0.4, -0.2) is 44.2 Å². The Kier molecular flexibility index (Phi) is 6.55. The number of ether oxygens (including phenoxy) is 1. The number of piperazine rings is 1. The van der Waals surface area contributed by atoms with Crippen LogP contribution in [0.3, 0.4) is 0 Å². The zero-order valence-electron chi connectivity index (χ0n) is 13.8. The van der Waals surface area contributed by atoms with Gasteiger partial charge in [-0.25, -0.2) is 9.37 Å². The van der Waals surface area contributed by atoms with E-state index < -0.39 is 11.7 Å². The van der Waals surface area contributed by atoms with Gasteiger partial charge in [0.2, 0.25) is 0 Å². The van der Waals surface area contributed by atoms with Crippen LogP contribution in [0.25, 0.3) is 0 Å². The van der Waals surface area contributed by atoms with Crippen molar-refractivity contribution in [1.82, 2.24) is 10.3 Å². The average Bonchev–Trinajstić information content (AvgIpc) is 2.62. The fraction of sp³-hybridized carbons (Fsp3) is 0.294. The highest BCUT2D eigenvalue weighted by Gasteiger charge is 2.18. The Bertz CT molecular complexity index is 721. The summed E-state index contributed by atoms with van der Waals surface area (Å²) >= 11 is 0. The molecule has 2 aromatic rings. The van der Waals surface area contributed by atoms with Crippen LogP contribution in [0.1, 0.15) is 10.4 Å². The van der Waals surface area contributed by atoms with E-state index in [4.69, 9.17) is 4.74 Å². The molecule has 1 aliphatic rings. The maximum atomic E-state index is 13.9. The molecule has 0 saturated carbocycles. The first-order valence-electron chi connectivity index (χ1n) is 7.74. The molecule has 0 bridgehead atoms. The van der Waals surface area contributed by atoms with Crippen molar-refractivity contribution < 1.29 is 13.9 Å². The number of carbonyl (C=O) groups excluding carboxylic acids is 1. The number of aromatic nitrogens is 1. The predicted octanol–water partition coefficient (Wildman–Crippen LogP) is 2.31. The molecule has 2 N–H and O–H groups in total. The minimum Gasteiger partial charge on any atom is -0.496 e. The van der Waals surface area contributed by atoms with Crippen molar-refractivity contribution in [3.63, 3.8) is 0 Å². The molecular weight excluding hydrogens is 347 g/mol. The Labute approximate surface area is 151 Å². The molecule has 1 amide bonds. The topological polar surface area (TPSA) is 66.5 Å². The van der Waals surface area contributed by atoms with Gasteiger partial charge in [-0.3, -0.25) is 4.79 Å². The number of methoxy groups -OCH3 is 1.